The van der Waals surface area contributed by atoms with Crippen molar-refractivity contribution < 1.29 is 9.32 Å². The predicted octanol–water partition coefficient (Wildman–Crippen LogP) is 2.59. The van der Waals surface area contributed by atoms with Crippen LogP contribution in [-0.2, 0) is 4.79 Å². The van der Waals surface area contributed by atoms with E-state index < -0.39 is 0 Å². The molecular weight excluding hydrogens is 254 g/mol. The lowest BCUT2D eigenvalue weighted by Gasteiger charge is -2.05. The van der Waals surface area contributed by atoms with Gasteiger partial charge in [-0.2, -0.15) is 4.98 Å². The van der Waals surface area contributed by atoms with Crippen molar-refractivity contribution in [3.8, 4) is 11.4 Å². The standard InChI is InChI=1S/C12H12ClN3O2/c1-7(14-8(2)17)12-15-11(16-18-12)9-3-5-10(13)6-4-9/h3-7H,1-2H3,(H,14,17)/t7-/m0/s1. The molecule has 1 amide bonds. The van der Waals surface area contributed by atoms with Crippen LogP contribution < -0.4 is 5.32 Å². The van der Waals surface area contributed by atoms with Crippen molar-refractivity contribution in [3.63, 3.8) is 0 Å². The van der Waals surface area contributed by atoms with Gasteiger partial charge in [0.25, 0.3) is 0 Å². The van der Waals surface area contributed by atoms with E-state index in [1.165, 1.54) is 6.92 Å². The molecule has 94 valence electrons. The number of benzene rings is 1. The molecule has 1 heterocycles. The summed E-state index contributed by atoms with van der Waals surface area (Å²) in [5.74, 6) is 0.697. The van der Waals surface area contributed by atoms with Crippen LogP contribution in [0.1, 0.15) is 25.8 Å². The lowest BCUT2D eigenvalue weighted by Crippen LogP contribution is -2.23. The number of halogens is 1. The van der Waals surface area contributed by atoms with Crippen LogP contribution in [0.25, 0.3) is 11.4 Å². The van der Waals surface area contributed by atoms with Gasteiger partial charge in [0.1, 0.15) is 6.04 Å². The average Bonchev–Trinajstić information content (AvgIpc) is 2.78. The van der Waals surface area contributed by atoms with Crippen molar-refractivity contribution in [1.82, 2.24) is 15.5 Å². The quantitative estimate of drug-likeness (QED) is 0.926. The first kappa shape index (κ1) is 12.6. The summed E-state index contributed by atoms with van der Waals surface area (Å²) >= 11 is 5.80. The molecule has 1 aromatic heterocycles. The van der Waals surface area contributed by atoms with Gasteiger partial charge in [-0.15, -0.1) is 0 Å². The third kappa shape index (κ3) is 2.87. The largest absolute Gasteiger partial charge is 0.345 e. The molecule has 1 aromatic carbocycles. The highest BCUT2D eigenvalue weighted by atomic mass is 35.5. The molecular formula is C12H12ClN3O2. The van der Waals surface area contributed by atoms with E-state index in [4.69, 9.17) is 16.1 Å². The Hall–Kier alpha value is -1.88. The smallest absolute Gasteiger partial charge is 0.249 e. The number of hydrogen-bond acceptors (Lipinski definition) is 4. The number of nitrogens with one attached hydrogen (secondary N) is 1. The minimum atomic E-state index is -0.309. The van der Waals surface area contributed by atoms with Gasteiger partial charge in [0.15, 0.2) is 0 Å². The maximum atomic E-state index is 10.9. The van der Waals surface area contributed by atoms with E-state index in [0.29, 0.717) is 16.7 Å². The number of carbonyl (C=O) groups excluding carboxylic acids is 1. The topological polar surface area (TPSA) is 68.0 Å². The summed E-state index contributed by atoms with van der Waals surface area (Å²) in [6.45, 7) is 3.22. The third-order valence-electron chi connectivity index (χ3n) is 2.33. The number of amides is 1. The Morgan fingerprint density at radius 2 is 2.06 bits per heavy atom. The van der Waals surface area contributed by atoms with Crippen molar-refractivity contribution in [2.45, 2.75) is 19.9 Å². The van der Waals surface area contributed by atoms with Crippen molar-refractivity contribution in [2.24, 2.45) is 0 Å². The van der Waals surface area contributed by atoms with Crippen molar-refractivity contribution >= 4 is 17.5 Å². The lowest BCUT2D eigenvalue weighted by molar-refractivity contribution is -0.119. The molecule has 2 rings (SSSR count). The molecule has 0 saturated carbocycles. The zero-order chi connectivity index (χ0) is 13.1. The van der Waals surface area contributed by atoms with Crippen LogP contribution in [0.2, 0.25) is 5.02 Å². The van der Waals surface area contributed by atoms with Crippen LogP contribution in [0.5, 0.6) is 0 Å². The Morgan fingerprint density at radius 1 is 1.39 bits per heavy atom. The summed E-state index contributed by atoms with van der Waals surface area (Å²) in [7, 11) is 0. The summed E-state index contributed by atoms with van der Waals surface area (Å²) in [4.78, 5) is 15.2. The first-order valence-corrected chi connectivity index (χ1v) is 5.80. The summed E-state index contributed by atoms with van der Waals surface area (Å²) in [6, 6.07) is 6.81. The Morgan fingerprint density at radius 3 is 2.67 bits per heavy atom. The zero-order valence-electron chi connectivity index (χ0n) is 9.98. The summed E-state index contributed by atoms with van der Waals surface area (Å²) in [6.07, 6.45) is 0. The van der Waals surface area contributed by atoms with Crippen molar-refractivity contribution in [2.75, 3.05) is 0 Å². The van der Waals surface area contributed by atoms with Crippen LogP contribution in [0, 0.1) is 0 Å². The molecule has 0 spiro atoms. The fourth-order valence-corrected chi connectivity index (χ4v) is 1.62. The minimum absolute atomic E-state index is 0.145. The third-order valence-corrected chi connectivity index (χ3v) is 2.59. The number of hydrogen-bond donors (Lipinski definition) is 1. The first-order chi connectivity index (χ1) is 8.56. The van der Waals surface area contributed by atoms with E-state index in [0.717, 1.165) is 5.56 Å². The molecule has 0 saturated heterocycles. The van der Waals surface area contributed by atoms with E-state index in [2.05, 4.69) is 15.5 Å². The molecule has 0 aliphatic rings. The fourth-order valence-electron chi connectivity index (χ4n) is 1.49. The van der Waals surface area contributed by atoms with E-state index >= 15 is 0 Å². The molecule has 6 heteroatoms. The molecule has 2 aromatic rings. The Bertz CT molecular complexity index is 551. The maximum absolute atomic E-state index is 10.9. The fraction of sp³-hybridized carbons (Fsp3) is 0.250. The Labute approximate surface area is 109 Å². The SMILES string of the molecule is CC(=O)N[C@@H](C)c1nc(-c2ccc(Cl)cc2)no1. The van der Waals surface area contributed by atoms with Gasteiger partial charge in [-0.25, -0.2) is 0 Å². The average molecular weight is 266 g/mol. The minimum Gasteiger partial charge on any atom is -0.345 e. The van der Waals surface area contributed by atoms with Crippen molar-refractivity contribution in [3.05, 3.63) is 35.2 Å². The maximum Gasteiger partial charge on any atom is 0.249 e. The molecule has 5 nitrogen and oxygen atoms in total. The first-order valence-electron chi connectivity index (χ1n) is 5.43. The van der Waals surface area contributed by atoms with E-state index in [9.17, 15) is 4.79 Å². The molecule has 1 N–H and O–H groups in total. The Kier molecular flexibility index (Phi) is 3.62. The molecule has 0 aliphatic carbocycles. The van der Waals surface area contributed by atoms with Gasteiger partial charge in [-0.3, -0.25) is 4.79 Å². The molecule has 18 heavy (non-hydrogen) atoms. The molecule has 0 radical (unpaired) electrons. The summed E-state index contributed by atoms with van der Waals surface area (Å²) < 4.78 is 5.10. The molecule has 0 bridgehead atoms. The number of carbonyl (C=O) groups is 1. The lowest BCUT2D eigenvalue weighted by atomic mass is 10.2. The summed E-state index contributed by atoms with van der Waals surface area (Å²) in [5, 5.41) is 7.19. The second-order valence-electron chi connectivity index (χ2n) is 3.89. The molecule has 0 unspecified atom stereocenters. The molecule has 0 aliphatic heterocycles. The highest BCUT2D eigenvalue weighted by Gasteiger charge is 2.15. The van der Waals surface area contributed by atoms with Crippen LogP contribution >= 0.6 is 11.6 Å². The van der Waals surface area contributed by atoms with E-state index in [-0.39, 0.29) is 11.9 Å². The monoisotopic (exact) mass is 265 g/mol. The Balaban J connectivity index is 2.19. The normalized spacial score (nSPS) is 12.2. The highest BCUT2D eigenvalue weighted by Crippen LogP contribution is 2.20. The van der Waals surface area contributed by atoms with Gasteiger partial charge >= 0.3 is 0 Å². The van der Waals surface area contributed by atoms with Crippen LogP contribution in [0.15, 0.2) is 28.8 Å². The second-order valence-corrected chi connectivity index (χ2v) is 4.32. The number of nitrogens with zero attached hydrogens (tertiary/aromatic N) is 2. The van der Waals surface area contributed by atoms with E-state index in [1.54, 1.807) is 31.2 Å². The van der Waals surface area contributed by atoms with Gasteiger partial charge in [0.2, 0.25) is 17.6 Å². The molecule has 0 fully saturated rings. The van der Waals surface area contributed by atoms with Crippen LogP contribution in [0.3, 0.4) is 0 Å². The van der Waals surface area contributed by atoms with E-state index in [1.807, 2.05) is 0 Å². The molecule has 1 atom stereocenters. The van der Waals surface area contributed by atoms with Gasteiger partial charge in [-0.1, -0.05) is 16.8 Å². The number of aromatic nitrogens is 2. The summed E-state index contributed by atoms with van der Waals surface area (Å²) in [5.41, 5.74) is 0.810. The number of rotatable bonds is 3. The highest BCUT2D eigenvalue weighted by molar-refractivity contribution is 6.30. The predicted molar refractivity (Wildman–Crippen MR) is 67.0 cm³/mol. The van der Waals surface area contributed by atoms with Gasteiger partial charge < -0.3 is 9.84 Å². The van der Waals surface area contributed by atoms with Crippen LogP contribution in [-0.4, -0.2) is 16.0 Å². The van der Waals surface area contributed by atoms with Gasteiger partial charge in [0.05, 0.1) is 0 Å². The van der Waals surface area contributed by atoms with Gasteiger partial charge in [-0.05, 0) is 31.2 Å². The van der Waals surface area contributed by atoms with Crippen LogP contribution in [0.4, 0.5) is 0 Å². The van der Waals surface area contributed by atoms with Crippen molar-refractivity contribution in [1.29, 1.82) is 0 Å². The van der Waals surface area contributed by atoms with Gasteiger partial charge in [0, 0.05) is 17.5 Å². The second kappa shape index (κ2) is 5.18. The zero-order valence-corrected chi connectivity index (χ0v) is 10.7.